The number of thioether (sulfide) groups is 1. The van der Waals surface area contributed by atoms with Crippen LogP contribution in [-0.4, -0.2) is 35.1 Å². The summed E-state index contributed by atoms with van der Waals surface area (Å²) >= 11 is 7.73. The molecule has 1 N–H and O–H groups in total. The molecule has 0 bridgehead atoms. The van der Waals surface area contributed by atoms with Gasteiger partial charge in [0.2, 0.25) is 11.8 Å². The average molecular weight is 405 g/mol. The number of hydrogen-bond acceptors (Lipinski definition) is 3. The zero-order valence-electron chi connectivity index (χ0n) is 15.9. The highest BCUT2D eigenvalue weighted by molar-refractivity contribution is 8.00. The summed E-state index contributed by atoms with van der Waals surface area (Å²) in [4.78, 5) is 27.9. The SMILES string of the molecule is CCNC(=O)[C@@H](C)N(Cc1ccccc1Cl)C(=O)CSc1ccc(C)cc1. The van der Waals surface area contributed by atoms with Gasteiger partial charge in [-0.15, -0.1) is 11.8 Å². The number of rotatable bonds is 8. The van der Waals surface area contributed by atoms with Gasteiger partial charge in [-0.3, -0.25) is 9.59 Å². The number of amides is 2. The zero-order chi connectivity index (χ0) is 19.8. The van der Waals surface area contributed by atoms with Gasteiger partial charge in [0.15, 0.2) is 0 Å². The summed E-state index contributed by atoms with van der Waals surface area (Å²) in [7, 11) is 0. The molecule has 27 heavy (non-hydrogen) atoms. The second-order valence-corrected chi connectivity index (χ2v) is 7.74. The van der Waals surface area contributed by atoms with Crippen LogP contribution in [0.5, 0.6) is 0 Å². The summed E-state index contributed by atoms with van der Waals surface area (Å²) in [6, 6.07) is 14.8. The fraction of sp³-hybridized carbons (Fsp3) is 0.333. The first kappa shape index (κ1) is 21.3. The van der Waals surface area contributed by atoms with E-state index in [0.717, 1.165) is 10.5 Å². The van der Waals surface area contributed by atoms with Crippen LogP contribution in [-0.2, 0) is 16.1 Å². The molecular formula is C21H25ClN2O2S. The van der Waals surface area contributed by atoms with Gasteiger partial charge in [-0.05, 0) is 44.5 Å². The third kappa shape index (κ3) is 6.29. The molecule has 2 amide bonds. The highest BCUT2D eigenvalue weighted by atomic mass is 35.5. The van der Waals surface area contributed by atoms with Crippen LogP contribution >= 0.6 is 23.4 Å². The number of hydrogen-bond donors (Lipinski definition) is 1. The topological polar surface area (TPSA) is 49.4 Å². The number of likely N-dealkylation sites (N-methyl/N-ethyl adjacent to an activating group) is 1. The van der Waals surface area contributed by atoms with Crippen LogP contribution < -0.4 is 5.32 Å². The molecule has 6 heteroatoms. The van der Waals surface area contributed by atoms with Crippen LogP contribution in [0.3, 0.4) is 0 Å². The Hall–Kier alpha value is -1.98. The van der Waals surface area contributed by atoms with Crippen molar-refractivity contribution in [1.82, 2.24) is 10.2 Å². The smallest absolute Gasteiger partial charge is 0.242 e. The molecule has 144 valence electrons. The Morgan fingerprint density at radius 1 is 1.15 bits per heavy atom. The molecule has 0 unspecified atom stereocenters. The zero-order valence-corrected chi connectivity index (χ0v) is 17.4. The molecule has 0 heterocycles. The third-order valence-electron chi connectivity index (χ3n) is 4.20. The number of halogens is 1. The maximum absolute atomic E-state index is 12.9. The molecule has 0 aliphatic rings. The Morgan fingerprint density at radius 3 is 2.44 bits per heavy atom. The third-order valence-corrected chi connectivity index (χ3v) is 5.57. The predicted molar refractivity (Wildman–Crippen MR) is 112 cm³/mol. The van der Waals surface area contributed by atoms with Crippen molar-refractivity contribution in [3.05, 3.63) is 64.7 Å². The van der Waals surface area contributed by atoms with Gasteiger partial charge in [0, 0.05) is 23.0 Å². The fourth-order valence-corrected chi connectivity index (χ4v) is 3.56. The summed E-state index contributed by atoms with van der Waals surface area (Å²) in [5.74, 6) is -0.00505. The summed E-state index contributed by atoms with van der Waals surface area (Å²) in [5, 5.41) is 3.38. The minimum absolute atomic E-state index is 0.0979. The molecule has 0 aliphatic carbocycles. The first-order valence-corrected chi connectivity index (χ1v) is 10.3. The second kappa shape index (κ2) is 10.4. The largest absolute Gasteiger partial charge is 0.355 e. The molecule has 0 fully saturated rings. The highest BCUT2D eigenvalue weighted by Crippen LogP contribution is 2.22. The van der Waals surface area contributed by atoms with Crippen LogP contribution in [0, 0.1) is 6.92 Å². The van der Waals surface area contributed by atoms with Gasteiger partial charge in [-0.25, -0.2) is 0 Å². The van der Waals surface area contributed by atoms with Crippen molar-refractivity contribution in [2.45, 2.75) is 38.3 Å². The quantitative estimate of drug-likeness (QED) is 0.667. The number of nitrogens with one attached hydrogen (secondary N) is 1. The van der Waals surface area contributed by atoms with Crippen molar-refractivity contribution in [1.29, 1.82) is 0 Å². The molecule has 0 saturated heterocycles. The average Bonchev–Trinajstić information content (AvgIpc) is 2.66. The van der Waals surface area contributed by atoms with Crippen molar-refractivity contribution in [2.24, 2.45) is 0 Å². The van der Waals surface area contributed by atoms with Gasteiger partial charge in [0.1, 0.15) is 6.04 Å². The second-order valence-electron chi connectivity index (χ2n) is 6.29. The van der Waals surface area contributed by atoms with Crippen molar-refractivity contribution < 1.29 is 9.59 Å². The van der Waals surface area contributed by atoms with Crippen LogP contribution in [0.4, 0.5) is 0 Å². The Labute approximate surface area is 170 Å². The molecule has 0 spiro atoms. The lowest BCUT2D eigenvalue weighted by Crippen LogP contribution is -2.48. The Kier molecular flexibility index (Phi) is 8.20. The van der Waals surface area contributed by atoms with Crippen molar-refractivity contribution in [2.75, 3.05) is 12.3 Å². The van der Waals surface area contributed by atoms with Gasteiger partial charge in [0.25, 0.3) is 0 Å². The van der Waals surface area contributed by atoms with Crippen molar-refractivity contribution in [3.8, 4) is 0 Å². The van der Waals surface area contributed by atoms with Gasteiger partial charge < -0.3 is 10.2 Å². The minimum atomic E-state index is -0.577. The summed E-state index contributed by atoms with van der Waals surface area (Å²) in [5.41, 5.74) is 2.00. The van der Waals surface area contributed by atoms with E-state index >= 15 is 0 Å². The summed E-state index contributed by atoms with van der Waals surface area (Å²) in [6.07, 6.45) is 0. The van der Waals surface area contributed by atoms with Crippen LogP contribution in [0.15, 0.2) is 53.4 Å². The monoisotopic (exact) mass is 404 g/mol. The number of carbonyl (C=O) groups is 2. The molecular weight excluding hydrogens is 380 g/mol. The van der Waals surface area contributed by atoms with Crippen molar-refractivity contribution >= 4 is 35.2 Å². The van der Waals surface area contributed by atoms with E-state index in [9.17, 15) is 9.59 Å². The number of nitrogens with zero attached hydrogens (tertiary/aromatic N) is 1. The van der Waals surface area contributed by atoms with E-state index in [4.69, 9.17) is 11.6 Å². The van der Waals surface area contributed by atoms with E-state index in [0.29, 0.717) is 18.1 Å². The Balaban J connectivity index is 2.14. The number of benzene rings is 2. The molecule has 1 atom stereocenters. The fourth-order valence-electron chi connectivity index (χ4n) is 2.58. The lowest BCUT2D eigenvalue weighted by atomic mass is 10.1. The van der Waals surface area contributed by atoms with E-state index in [-0.39, 0.29) is 17.6 Å². The number of carbonyl (C=O) groups excluding carboxylic acids is 2. The molecule has 0 radical (unpaired) electrons. The first-order valence-electron chi connectivity index (χ1n) is 8.92. The molecule has 2 rings (SSSR count). The molecule has 2 aromatic rings. The van der Waals surface area contributed by atoms with Gasteiger partial charge in [-0.2, -0.15) is 0 Å². The van der Waals surface area contributed by atoms with E-state index in [1.54, 1.807) is 17.9 Å². The number of aryl methyl sites for hydroxylation is 1. The molecule has 0 aliphatic heterocycles. The molecule has 0 saturated carbocycles. The highest BCUT2D eigenvalue weighted by Gasteiger charge is 2.26. The van der Waals surface area contributed by atoms with E-state index in [1.165, 1.54) is 17.3 Å². The lowest BCUT2D eigenvalue weighted by molar-refractivity contribution is -0.138. The standard InChI is InChI=1S/C21H25ClN2O2S/c1-4-23-21(26)16(3)24(13-17-7-5-6-8-19(17)22)20(25)14-27-18-11-9-15(2)10-12-18/h5-12,16H,4,13-14H2,1-3H3,(H,23,26)/t16-/m1/s1. The van der Waals surface area contributed by atoms with Crippen LogP contribution in [0.2, 0.25) is 5.02 Å². The van der Waals surface area contributed by atoms with Gasteiger partial charge >= 0.3 is 0 Å². The molecule has 2 aromatic carbocycles. The van der Waals surface area contributed by atoms with E-state index in [2.05, 4.69) is 5.32 Å². The summed E-state index contributed by atoms with van der Waals surface area (Å²) < 4.78 is 0. The Morgan fingerprint density at radius 2 is 1.81 bits per heavy atom. The van der Waals surface area contributed by atoms with Crippen molar-refractivity contribution in [3.63, 3.8) is 0 Å². The van der Waals surface area contributed by atoms with E-state index < -0.39 is 6.04 Å². The first-order chi connectivity index (χ1) is 12.9. The van der Waals surface area contributed by atoms with Crippen LogP contribution in [0.1, 0.15) is 25.0 Å². The van der Waals surface area contributed by atoms with E-state index in [1.807, 2.05) is 56.3 Å². The maximum atomic E-state index is 12.9. The summed E-state index contributed by atoms with van der Waals surface area (Å²) in [6.45, 7) is 6.45. The van der Waals surface area contributed by atoms with Gasteiger partial charge in [0.05, 0.1) is 5.75 Å². The maximum Gasteiger partial charge on any atom is 0.242 e. The molecule has 0 aromatic heterocycles. The normalized spacial score (nSPS) is 11.7. The Bertz CT molecular complexity index is 780. The molecule has 4 nitrogen and oxygen atoms in total. The predicted octanol–water partition coefficient (Wildman–Crippen LogP) is 4.29. The minimum Gasteiger partial charge on any atom is -0.355 e. The lowest BCUT2D eigenvalue weighted by Gasteiger charge is -2.29. The van der Waals surface area contributed by atoms with Gasteiger partial charge in [-0.1, -0.05) is 47.5 Å². The van der Waals surface area contributed by atoms with Crippen LogP contribution in [0.25, 0.3) is 0 Å².